The number of hydrogen-bond donors (Lipinski definition) is 2. The fourth-order valence-corrected chi connectivity index (χ4v) is 1.02. The Morgan fingerprint density at radius 3 is 3.00 bits per heavy atom. The van der Waals surface area contributed by atoms with Crippen molar-refractivity contribution in [1.29, 1.82) is 0 Å². The Balaban J connectivity index is 3.00. The highest BCUT2D eigenvalue weighted by Crippen LogP contribution is 2.02. The monoisotopic (exact) mass is 168 g/mol. The molecule has 0 fully saturated rings. The lowest BCUT2D eigenvalue weighted by Gasteiger charge is -2.05. The number of H-pyrrole nitrogens is 1. The van der Waals surface area contributed by atoms with Gasteiger partial charge in [0.25, 0.3) is 5.56 Å². The summed E-state index contributed by atoms with van der Waals surface area (Å²) in [4.78, 5) is 11.0. The Labute approximate surface area is 70.3 Å². The zero-order valence-corrected chi connectivity index (χ0v) is 7.16. The number of aliphatic hydroxyl groups excluding tert-OH is 1. The minimum absolute atomic E-state index is 0.187. The second-order valence-corrected chi connectivity index (χ2v) is 2.90. The van der Waals surface area contributed by atoms with Crippen LogP contribution in [0, 0.1) is 6.92 Å². The highest BCUT2D eigenvalue weighted by Gasteiger charge is 2.04. The third kappa shape index (κ3) is 1.92. The molecule has 1 aromatic heterocycles. The molecule has 0 aliphatic rings. The average molecular weight is 168 g/mol. The molecule has 1 aromatic rings. The van der Waals surface area contributed by atoms with Crippen molar-refractivity contribution in [3.05, 3.63) is 27.7 Å². The second-order valence-electron chi connectivity index (χ2n) is 2.90. The average Bonchev–Trinajstić information content (AvgIpc) is 1.98. The van der Waals surface area contributed by atoms with Gasteiger partial charge in [-0.2, -0.15) is 5.10 Å². The maximum atomic E-state index is 11.0. The standard InChI is InChI=1S/C8H12N2O2/c1-5(11)3-7-4-9-10-8(12)6(7)2/h4-5,11H,3H2,1-2H3,(H,10,12). The molecule has 0 aliphatic heterocycles. The van der Waals surface area contributed by atoms with E-state index in [1.807, 2.05) is 0 Å². The zero-order valence-electron chi connectivity index (χ0n) is 7.16. The van der Waals surface area contributed by atoms with Crippen LogP contribution in [0.1, 0.15) is 18.1 Å². The van der Waals surface area contributed by atoms with Crippen LogP contribution in [-0.4, -0.2) is 21.4 Å². The highest BCUT2D eigenvalue weighted by molar-refractivity contribution is 5.19. The quantitative estimate of drug-likeness (QED) is 0.653. The Morgan fingerprint density at radius 1 is 1.75 bits per heavy atom. The van der Waals surface area contributed by atoms with Gasteiger partial charge >= 0.3 is 0 Å². The normalized spacial score (nSPS) is 12.9. The Bertz CT molecular complexity index is 317. The van der Waals surface area contributed by atoms with Gasteiger partial charge in [-0.15, -0.1) is 0 Å². The number of hydrogen-bond acceptors (Lipinski definition) is 3. The zero-order chi connectivity index (χ0) is 9.14. The molecule has 0 saturated heterocycles. The van der Waals surface area contributed by atoms with Crippen molar-refractivity contribution in [1.82, 2.24) is 10.2 Å². The second kappa shape index (κ2) is 3.49. The molecule has 0 bridgehead atoms. The van der Waals surface area contributed by atoms with Crippen LogP contribution in [0.3, 0.4) is 0 Å². The summed E-state index contributed by atoms with van der Waals surface area (Å²) in [6.07, 6.45) is 1.61. The molecule has 0 spiro atoms. The third-order valence-electron chi connectivity index (χ3n) is 1.72. The SMILES string of the molecule is Cc1c(CC(C)O)cn[nH]c1=O. The predicted molar refractivity (Wildman–Crippen MR) is 45.0 cm³/mol. The van der Waals surface area contributed by atoms with Crippen LogP contribution in [0.5, 0.6) is 0 Å². The minimum Gasteiger partial charge on any atom is -0.393 e. The minimum atomic E-state index is -0.438. The molecule has 2 N–H and O–H groups in total. The summed E-state index contributed by atoms with van der Waals surface area (Å²) in [5.74, 6) is 0. The number of aromatic nitrogens is 2. The van der Waals surface area contributed by atoms with Gasteiger partial charge in [0.2, 0.25) is 0 Å². The van der Waals surface area contributed by atoms with Crippen LogP contribution in [0.15, 0.2) is 11.0 Å². The number of rotatable bonds is 2. The van der Waals surface area contributed by atoms with Crippen LogP contribution in [-0.2, 0) is 6.42 Å². The molecule has 4 nitrogen and oxygen atoms in total. The molecule has 1 unspecified atom stereocenters. The van der Waals surface area contributed by atoms with Gasteiger partial charge in [0.1, 0.15) is 0 Å². The molecular formula is C8H12N2O2. The first kappa shape index (κ1) is 8.93. The Morgan fingerprint density at radius 2 is 2.42 bits per heavy atom. The fraction of sp³-hybridized carbons (Fsp3) is 0.500. The number of aromatic amines is 1. The summed E-state index contributed by atoms with van der Waals surface area (Å²) in [6, 6.07) is 0. The van der Waals surface area contributed by atoms with Crippen molar-refractivity contribution in [2.24, 2.45) is 0 Å². The lowest BCUT2D eigenvalue weighted by atomic mass is 10.1. The first-order valence-electron chi connectivity index (χ1n) is 3.82. The van der Waals surface area contributed by atoms with Gasteiger partial charge in [0, 0.05) is 12.0 Å². The van der Waals surface area contributed by atoms with Crippen LogP contribution in [0.2, 0.25) is 0 Å². The Kier molecular flexibility index (Phi) is 2.60. The van der Waals surface area contributed by atoms with E-state index in [-0.39, 0.29) is 5.56 Å². The van der Waals surface area contributed by atoms with Gasteiger partial charge in [-0.3, -0.25) is 4.79 Å². The largest absolute Gasteiger partial charge is 0.393 e. The van der Waals surface area contributed by atoms with Gasteiger partial charge in [0.05, 0.1) is 12.3 Å². The fourth-order valence-electron chi connectivity index (χ4n) is 1.02. The van der Waals surface area contributed by atoms with E-state index in [1.54, 1.807) is 20.0 Å². The van der Waals surface area contributed by atoms with Crippen LogP contribution in [0.25, 0.3) is 0 Å². The summed E-state index contributed by atoms with van der Waals surface area (Å²) in [5.41, 5.74) is 1.24. The van der Waals surface area contributed by atoms with Gasteiger partial charge in [0.15, 0.2) is 0 Å². The molecule has 1 atom stereocenters. The van der Waals surface area contributed by atoms with Crippen molar-refractivity contribution in [2.45, 2.75) is 26.4 Å². The van der Waals surface area contributed by atoms with E-state index in [9.17, 15) is 4.79 Å². The molecule has 12 heavy (non-hydrogen) atoms. The van der Waals surface area contributed by atoms with Crippen LogP contribution < -0.4 is 5.56 Å². The maximum absolute atomic E-state index is 11.0. The highest BCUT2D eigenvalue weighted by atomic mass is 16.3. The van der Waals surface area contributed by atoms with E-state index in [0.29, 0.717) is 12.0 Å². The van der Waals surface area contributed by atoms with E-state index in [1.165, 1.54) is 0 Å². The Hall–Kier alpha value is -1.16. The van der Waals surface area contributed by atoms with E-state index in [2.05, 4.69) is 10.2 Å². The van der Waals surface area contributed by atoms with E-state index in [0.717, 1.165) is 5.56 Å². The van der Waals surface area contributed by atoms with Crippen LogP contribution >= 0.6 is 0 Å². The predicted octanol–water partition coefficient (Wildman–Crippen LogP) is 0.00162. The third-order valence-corrected chi connectivity index (χ3v) is 1.72. The summed E-state index contributed by atoms with van der Waals surface area (Å²) >= 11 is 0. The topological polar surface area (TPSA) is 66.0 Å². The van der Waals surface area contributed by atoms with Crippen molar-refractivity contribution < 1.29 is 5.11 Å². The molecule has 66 valence electrons. The summed E-state index contributed by atoms with van der Waals surface area (Å²) < 4.78 is 0. The van der Waals surface area contributed by atoms with Gasteiger partial charge in [-0.05, 0) is 19.4 Å². The van der Waals surface area contributed by atoms with Gasteiger partial charge in [-0.25, -0.2) is 5.10 Å². The van der Waals surface area contributed by atoms with E-state index in [4.69, 9.17) is 5.11 Å². The van der Waals surface area contributed by atoms with Crippen molar-refractivity contribution >= 4 is 0 Å². The maximum Gasteiger partial charge on any atom is 0.267 e. The molecule has 4 heteroatoms. The van der Waals surface area contributed by atoms with Crippen molar-refractivity contribution in [2.75, 3.05) is 0 Å². The summed E-state index contributed by atoms with van der Waals surface area (Å²) in [5, 5.41) is 15.1. The molecule has 0 aliphatic carbocycles. The summed E-state index contributed by atoms with van der Waals surface area (Å²) in [6.45, 7) is 3.40. The van der Waals surface area contributed by atoms with E-state index < -0.39 is 6.10 Å². The van der Waals surface area contributed by atoms with Crippen LogP contribution in [0.4, 0.5) is 0 Å². The lowest BCUT2D eigenvalue weighted by Crippen LogP contribution is -2.16. The molecule has 0 amide bonds. The first-order chi connectivity index (χ1) is 5.61. The smallest absolute Gasteiger partial charge is 0.267 e. The van der Waals surface area contributed by atoms with E-state index >= 15 is 0 Å². The molecular weight excluding hydrogens is 156 g/mol. The number of nitrogens with zero attached hydrogens (tertiary/aromatic N) is 1. The van der Waals surface area contributed by atoms with Crippen molar-refractivity contribution in [3.8, 4) is 0 Å². The lowest BCUT2D eigenvalue weighted by molar-refractivity contribution is 0.195. The van der Waals surface area contributed by atoms with Crippen molar-refractivity contribution in [3.63, 3.8) is 0 Å². The number of nitrogens with one attached hydrogen (secondary N) is 1. The molecule has 1 heterocycles. The molecule has 0 aromatic carbocycles. The number of aliphatic hydroxyl groups is 1. The van der Waals surface area contributed by atoms with Gasteiger partial charge < -0.3 is 5.11 Å². The molecule has 1 rings (SSSR count). The van der Waals surface area contributed by atoms with Gasteiger partial charge in [-0.1, -0.05) is 0 Å². The molecule has 0 radical (unpaired) electrons. The summed E-state index contributed by atoms with van der Waals surface area (Å²) in [7, 11) is 0. The molecule has 0 saturated carbocycles. The first-order valence-corrected chi connectivity index (χ1v) is 3.82.